The first-order valence-corrected chi connectivity index (χ1v) is 11.7. The summed E-state index contributed by atoms with van der Waals surface area (Å²) in [6.45, 7) is 5.44. The Balaban J connectivity index is 1.34. The van der Waals surface area contributed by atoms with E-state index in [0.717, 1.165) is 30.5 Å². The van der Waals surface area contributed by atoms with E-state index in [1.807, 2.05) is 4.68 Å². The van der Waals surface area contributed by atoms with Crippen LogP contribution >= 0.6 is 0 Å². The lowest BCUT2D eigenvalue weighted by Crippen LogP contribution is -2.45. The lowest BCUT2D eigenvalue weighted by molar-refractivity contribution is 0.163. The number of hydrogen-bond donors (Lipinski definition) is 2. The highest BCUT2D eigenvalue weighted by molar-refractivity contribution is 5.94. The third-order valence-corrected chi connectivity index (χ3v) is 6.16. The number of nitrogens with one attached hydrogen (secondary N) is 1. The van der Waals surface area contributed by atoms with Gasteiger partial charge in [-0.15, -0.1) is 0 Å². The highest BCUT2D eigenvalue weighted by atomic mass is 19.1. The predicted molar refractivity (Wildman–Crippen MR) is 129 cm³/mol. The molecule has 186 valence electrons. The number of nitrogens with zero attached hydrogens (tertiary/aromatic N) is 6. The molecule has 0 spiro atoms. The third kappa shape index (κ3) is 5.00. The number of aliphatic hydroxyl groups excluding tert-OH is 1. The predicted octanol–water partition coefficient (Wildman–Crippen LogP) is 1.69. The number of halogens is 1. The lowest BCUT2D eigenvalue weighted by atomic mass is 10.1. The summed E-state index contributed by atoms with van der Waals surface area (Å²) in [4.78, 5) is 25.2. The first-order valence-electron chi connectivity index (χ1n) is 11.7. The van der Waals surface area contributed by atoms with Crippen LogP contribution in [0, 0.1) is 17.7 Å². The normalized spacial score (nSPS) is 15.7. The molecule has 0 unspecified atom stereocenters. The Hall–Kier alpha value is -4.01. The molecule has 2 aliphatic heterocycles. The number of anilines is 1. The number of pyridine rings is 2. The van der Waals surface area contributed by atoms with Gasteiger partial charge in [0, 0.05) is 31.4 Å². The second-order valence-electron chi connectivity index (χ2n) is 8.60. The molecule has 0 radical (unpaired) electrons. The quantitative estimate of drug-likeness (QED) is 0.535. The van der Waals surface area contributed by atoms with Gasteiger partial charge in [0.1, 0.15) is 18.1 Å². The summed E-state index contributed by atoms with van der Waals surface area (Å²) in [6, 6.07) is 3.88. The van der Waals surface area contributed by atoms with E-state index in [4.69, 9.17) is 4.74 Å². The number of carbonyl (C=O) groups excluding carboxylic acids is 1. The molecule has 10 nitrogen and oxygen atoms in total. The van der Waals surface area contributed by atoms with Gasteiger partial charge in [-0.1, -0.05) is 11.8 Å². The molecule has 36 heavy (non-hydrogen) atoms. The van der Waals surface area contributed by atoms with Crippen LogP contribution in [0.2, 0.25) is 0 Å². The maximum atomic E-state index is 13.2. The largest absolute Gasteiger partial charge is 0.474 e. The average Bonchev–Trinajstić information content (AvgIpc) is 3.29. The minimum atomic E-state index is -0.432. The van der Waals surface area contributed by atoms with Gasteiger partial charge in [-0.25, -0.2) is 14.2 Å². The Morgan fingerprint density at radius 1 is 1.22 bits per heavy atom. The van der Waals surface area contributed by atoms with Crippen molar-refractivity contribution in [3.05, 3.63) is 65.1 Å². The Morgan fingerprint density at radius 2 is 2.11 bits per heavy atom. The molecule has 3 aromatic heterocycles. The summed E-state index contributed by atoms with van der Waals surface area (Å²) in [5.41, 5.74) is 3.55. The lowest BCUT2D eigenvalue weighted by Gasteiger charge is -2.30. The van der Waals surface area contributed by atoms with Gasteiger partial charge in [0.25, 0.3) is 0 Å². The highest BCUT2D eigenvalue weighted by Crippen LogP contribution is 2.30. The van der Waals surface area contributed by atoms with E-state index in [1.165, 1.54) is 6.07 Å². The van der Waals surface area contributed by atoms with Crippen molar-refractivity contribution in [3.8, 4) is 17.7 Å². The molecule has 0 saturated heterocycles. The van der Waals surface area contributed by atoms with Crippen LogP contribution in [0.15, 0.2) is 36.8 Å². The molecule has 0 saturated carbocycles. The van der Waals surface area contributed by atoms with Crippen molar-refractivity contribution in [1.82, 2.24) is 30.0 Å². The van der Waals surface area contributed by atoms with Gasteiger partial charge in [0.05, 0.1) is 55.1 Å². The van der Waals surface area contributed by atoms with Crippen LogP contribution < -0.4 is 15.0 Å². The van der Waals surface area contributed by atoms with Gasteiger partial charge < -0.3 is 15.2 Å². The summed E-state index contributed by atoms with van der Waals surface area (Å²) < 4.78 is 20.8. The standard InChI is InChI=1S/C25H26FN7O3/c1-17(21-5-4-20(26)15-27-21)30-25(35)32-9-11-36-24-22(32)12-18(13-28-24)2-3-19-14-29-33-7-6-31(8-10-34)16-23(19)33/h4-5,12-15,17,34H,6-11,16H2,1H3,(H,30,35)/t17-/m0/s1. The van der Waals surface area contributed by atoms with Crippen molar-refractivity contribution >= 4 is 11.7 Å². The minimum absolute atomic E-state index is 0.112. The van der Waals surface area contributed by atoms with Crippen molar-refractivity contribution in [2.45, 2.75) is 26.1 Å². The van der Waals surface area contributed by atoms with Crippen LogP contribution in [-0.4, -0.2) is 68.6 Å². The Bertz CT molecular complexity index is 1320. The number of hydrogen-bond acceptors (Lipinski definition) is 7. The minimum Gasteiger partial charge on any atom is -0.474 e. The molecule has 0 aromatic carbocycles. The molecule has 5 rings (SSSR count). The van der Waals surface area contributed by atoms with Crippen molar-refractivity contribution in [3.63, 3.8) is 0 Å². The van der Waals surface area contributed by atoms with Crippen LogP contribution in [0.5, 0.6) is 5.88 Å². The summed E-state index contributed by atoms with van der Waals surface area (Å²) in [6.07, 6.45) is 4.50. The van der Waals surface area contributed by atoms with Gasteiger partial charge in [-0.05, 0) is 25.1 Å². The second kappa shape index (κ2) is 10.3. The topological polar surface area (TPSA) is 109 Å². The zero-order chi connectivity index (χ0) is 25.1. The van der Waals surface area contributed by atoms with Crippen LogP contribution in [0.3, 0.4) is 0 Å². The van der Waals surface area contributed by atoms with E-state index < -0.39 is 11.9 Å². The van der Waals surface area contributed by atoms with Gasteiger partial charge >= 0.3 is 6.03 Å². The molecule has 5 heterocycles. The zero-order valence-corrected chi connectivity index (χ0v) is 19.8. The molecular formula is C25H26FN7O3. The van der Waals surface area contributed by atoms with Crippen molar-refractivity contribution < 1.29 is 19.0 Å². The summed E-state index contributed by atoms with van der Waals surface area (Å²) in [5.74, 6) is 6.24. The molecule has 0 fully saturated rings. The SMILES string of the molecule is C[C@H](NC(=O)N1CCOc2ncc(C#Cc3cnn4c3CN(CCO)CC4)cc21)c1ccc(F)cn1. The highest BCUT2D eigenvalue weighted by Gasteiger charge is 2.26. The maximum Gasteiger partial charge on any atom is 0.322 e. The molecular weight excluding hydrogens is 465 g/mol. The van der Waals surface area contributed by atoms with Crippen LogP contribution in [-0.2, 0) is 13.1 Å². The fourth-order valence-corrected chi connectivity index (χ4v) is 4.23. The van der Waals surface area contributed by atoms with Gasteiger partial charge in [0.15, 0.2) is 0 Å². The molecule has 0 aliphatic carbocycles. The van der Waals surface area contributed by atoms with E-state index in [-0.39, 0.29) is 12.6 Å². The van der Waals surface area contributed by atoms with Gasteiger partial charge in [-0.3, -0.25) is 19.5 Å². The van der Waals surface area contributed by atoms with Crippen molar-refractivity contribution in [2.75, 3.05) is 37.7 Å². The third-order valence-electron chi connectivity index (χ3n) is 6.16. The average molecular weight is 492 g/mol. The van der Waals surface area contributed by atoms with Gasteiger partial charge in [-0.2, -0.15) is 5.10 Å². The molecule has 1 atom stereocenters. The number of ether oxygens (including phenoxy) is 1. The Morgan fingerprint density at radius 3 is 2.92 bits per heavy atom. The van der Waals surface area contributed by atoms with Crippen molar-refractivity contribution in [1.29, 1.82) is 0 Å². The molecule has 11 heteroatoms. The summed E-state index contributed by atoms with van der Waals surface area (Å²) in [7, 11) is 0. The fraction of sp³-hybridized carbons (Fsp3) is 0.360. The van der Waals surface area contributed by atoms with Gasteiger partial charge in [0.2, 0.25) is 5.88 Å². The fourth-order valence-electron chi connectivity index (χ4n) is 4.23. The van der Waals surface area contributed by atoms with E-state index >= 15 is 0 Å². The monoisotopic (exact) mass is 491 g/mol. The number of carbonyl (C=O) groups is 1. The molecule has 2 amide bonds. The van der Waals surface area contributed by atoms with E-state index in [1.54, 1.807) is 36.4 Å². The maximum absolute atomic E-state index is 13.2. The van der Waals surface area contributed by atoms with Crippen molar-refractivity contribution in [2.24, 2.45) is 0 Å². The molecule has 2 N–H and O–H groups in total. The number of rotatable bonds is 4. The first-order chi connectivity index (χ1) is 17.5. The smallest absolute Gasteiger partial charge is 0.322 e. The second-order valence-corrected chi connectivity index (χ2v) is 8.60. The Kier molecular flexibility index (Phi) is 6.79. The number of aliphatic hydroxyl groups is 1. The molecule has 2 aliphatic rings. The summed E-state index contributed by atoms with van der Waals surface area (Å²) in [5, 5.41) is 16.6. The number of β-amino-alcohol motifs (C(OH)–C–C–N with tert-alkyl or cyclic N) is 1. The van der Waals surface area contributed by atoms with Crippen LogP contribution in [0.4, 0.5) is 14.9 Å². The first kappa shape index (κ1) is 23.7. The molecule has 3 aromatic rings. The summed E-state index contributed by atoms with van der Waals surface area (Å²) >= 11 is 0. The Labute approximate surface area is 207 Å². The molecule has 0 bridgehead atoms. The van der Waals surface area contributed by atoms with Crippen LogP contribution in [0.25, 0.3) is 0 Å². The number of urea groups is 1. The van der Waals surface area contributed by atoms with E-state index in [0.29, 0.717) is 49.1 Å². The number of fused-ring (bicyclic) bond motifs is 2. The van der Waals surface area contributed by atoms with Crippen LogP contribution in [0.1, 0.15) is 35.5 Å². The number of aromatic nitrogens is 4. The number of amides is 2. The van der Waals surface area contributed by atoms with E-state index in [9.17, 15) is 14.3 Å². The zero-order valence-electron chi connectivity index (χ0n) is 19.8. The van der Waals surface area contributed by atoms with E-state index in [2.05, 4.69) is 37.1 Å².